The fourth-order valence-electron chi connectivity index (χ4n) is 2.61. The molecule has 104 valence electrons. The summed E-state index contributed by atoms with van der Waals surface area (Å²) < 4.78 is 2.12. The molecule has 1 aromatic heterocycles. The van der Waals surface area contributed by atoms with E-state index in [1.807, 2.05) is 21.0 Å². The number of likely N-dealkylation sites (N-methyl/N-ethyl adjacent to an activating group) is 2. The topological polar surface area (TPSA) is 41.9 Å². The van der Waals surface area contributed by atoms with Crippen LogP contribution in [-0.2, 0) is 7.05 Å². The molecule has 0 spiro atoms. The molecule has 1 aromatic carbocycles. The van der Waals surface area contributed by atoms with E-state index in [9.17, 15) is 0 Å². The van der Waals surface area contributed by atoms with Crippen molar-refractivity contribution in [3.8, 4) is 0 Å². The molecule has 1 atom stereocenters. The van der Waals surface area contributed by atoms with Gasteiger partial charge in [-0.3, -0.25) is 0 Å². The summed E-state index contributed by atoms with van der Waals surface area (Å²) in [5.41, 5.74) is 3.47. The molecule has 2 aromatic rings. The SMILES string of the molecule is CNC(c1ccc2c(c1)nc(C)n2C)C(C)(C)NC. The summed E-state index contributed by atoms with van der Waals surface area (Å²) in [6, 6.07) is 6.76. The summed E-state index contributed by atoms with van der Waals surface area (Å²) in [6.45, 7) is 6.43. The molecule has 19 heavy (non-hydrogen) atoms. The van der Waals surface area contributed by atoms with Crippen LogP contribution in [0.5, 0.6) is 0 Å². The van der Waals surface area contributed by atoms with Crippen molar-refractivity contribution in [2.45, 2.75) is 32.4 Å². The van der Waals surface area contributed by atoms with Gasteiger partial charge in [-0.25, -0.2) is 4.98 Å². The third kappa shape index (κ3) is 2.38. The number of aromatic nitrogens is 2. The summed E-state index contributed by atoms with van der Waals surface area (Å²) >= 11 is 0. The van der Waals surface area contributed by atoms with Crippen LogP contribution in [-0.4, -0.2) is 29.2 Å². The highest BCUT2D eigenvalue weighted by atomic mass is 15.1. The van der Waals surface area contributed by atoms with E-state index in [-0.39, 0.29) is 11.6 Å². The average molecular weight is 260 g/mol. The van der Waals surface area contributed by atoms with Crippen LogP contribution in [0.2, 0.25) is 0 Å². The Hall–Kier alpha value is -1.39. The van der Waals surface area contributed by atoms with E-state index in [2.05, 4.69) is 59.3 Å². The Balaban J connectivity index is 2.50. The fraction of sp³-hybridized carbons (Fsp3) is 0.533. The number of aryl methyl sites for hydroxylation is 2. The van der Waals surface area contributed by atoms with E-state index in [1.165, 1.54) is 11.1 Å². The Bertz CT molecular complexity index is 583. The number of benzene rings is 1. The highest BCUT2D eigenvalue weighted by molar-refractivity contribution is 5.77. The molecule has 2 rings (SSSR count). The second-order valence-corrected chi connectivity index (χ2v) is 5.66. The minimum atomic E-state index is -0.0216. The minimum Gasteiger partial charge on any atom is -0.331 e. The molecule has 2 N–H and O–H groups in total. The standard InChI is InChI=1S/C15H24N4/c1-10-18-12-9-11(7-8-13(12)19(10)6)14(16-4)15(2,3)17-5/h7-9,14,16-17H,1-6H3. The Kier molecular flexibility index (Phi) is 3.65. The van der Waals surface area contributed by atoms with E-state index in [0.29, 0.717) is 0 Å². The second kappa shape index (κ2) is 4.94. The maximum Gasteiger partial charge on any atom is 0.106 e. The van der Waals surface area contributed by atoms with Crippen molar-refractivity contribution in [1.29, 1.82) is 0 Å². The number of imidazole rings is 1. The van der Waals surface area contributed by atoms with Crippen LogP contribution in [0.4, 0.5) is 0 Å². The average Bonchev–Trinajstić information content (AvgIpc) is 2.65. The zero-order valence-electron chi connectivity index (χ0n) is 12.7. The molecule has 0 bridgehead atoms. The smallest absolute Gasteiger partial charge is 0.106 e. The van der Waals surface area contributed by atoms with Gasteiger partial charge in [0.15, 0.2) is 0 Å². The maximum absolute atomic E-state index is 4.61. The van der Waals surface area contributed by atoms with E-state index in [1.54, 1.807) is 0 Å². The van der Waals surface area contributed by atoms with Crippen LogP contribution in [0.1, 0.15) is 31.3 Å². The van der Waals surface area contributed by atoms with E-state index in [4.69, 9.17) is 0 Å². The molecule has 0 saturated carbocycles. The molecular weight excluding hydrogens is 236 g/mol. The van der Waals surface area contributed by atoms with Crippen molar-refractivity contribution in [3.63, 3.8) is 0 Å². The van der Waals surface area contributed by atoms with Gasteiger partial charge >= 0.3 is 0 Å². The quantitative estimate of drug-likeness (QED) is 0.885. The highest BCUT2D eigenvalue weighted by Crippen LogP contribution is 2.27. The first-order valence-electron chi connectivity index (χ1n) is 6.70. The largest absolute Gasteiger partial charge is 0.331 e. The predicted molar refractivity (Wildman–Crippen MR) is 80.4 cm³/mol. The predicted octanol–water partition coefficient (Wildman–Crippen LogP) is 2.14. The molecule has 4 nitrogen and oxygen atoms in total. The van der Waals surface area contributed by atoms with Crippen molar-refractivity contribution in [2.24, 2.45) is 7.05 Å². The Morgan fingerprint density at radius 1 is 1.26 bits per heavy atom. The van der Waals surface area contributed by atoms with Crippen LogP contribution >= 0.6 is 0 Å². The monoisotopic (exact) mass is 260 g/mol. The third-order valence-electron chi connectivity index (χ3n) is 4.12. The summed E-state index contributed by atoms with van der Waals surface area (Å²) in [7, 11) is 6.04. The zero-order valence-corrected chi connectivity index (χ0v) is 12.7. The molecule has 0 aliphatic carbocycles. The molecule has 1 unspecified atom stereocenters. The van der Waals surface area contributed by atoms with Gasteiger partial charge in [0, 0.05) is 18.6 Å². The van der Waals surface area contributed by atoms with Gasteiger partial charge in [-0.1, -0.05) is 6.07 Å². The molecule has 0 saturated heterocycles. The molecule has 1 heterocycles. The van der Waals surface area contributed by atoms with Gasteiger partial charge in [0.05, 0.1) is 11.0 Å². The maximum atomic E-state index is 4.61. The van der Waals surface area contributed by atoms with Gasteiger partial charge < -0.3 is 15.2 Å². The summed E-state index contributed by atoms with van der Waals surface area (Å²) in [4.78, 5) is 4.61. The Morgan fingerprint density at radius 3 is 2.53 bits per heavy atom. The van der Waals surface area contributed by atoms with Crippen molar-refractivity contribution >= 4 is 11.0 Å². The lowest BCUT2D eigenvalue weighted by molar-refractivity contribution is 0.311. The molecule has 0 fully saturated rings. The molecule has 0 aliphatic heterocycles. The summed E-state index contributed by atoms with van der Waals surface area (Å²) in [6.07, 6.45) is 0. The van der Waals surface area contributed by atoms with E-state index >= 15 is 0 Å². The van der Waals surface area contributed by atoms with Crippen molar-refractivity contribution in [1.82, 2.24) is 20.2 Å². The van der Waals surface area contributed by atoms with Crippen molar-refractivity contribution in [3.05, 3.63) is 29.6 Å². The summed E-state index contributed by atoms with van der Waals surface area (Å²) in [5.74, 6) is 1.04. The van der Waals surface area contributed by atoms with E-state index in [0.717, 1.165) is 11.3 Å². The lowest BCUT2D eigenvalue weighted by Crippen LogP contribution is -2.47. The number of fused-ring (bicyclic) bond motifs is 1. The molecule has 0 amide bonds. The normalized spacial score (nSPS) is 14.0. The molecular formula is C15H24N4. The lowest BCUT2D eigenvalue weighted by Gasteiger charge is -2.34. The number of nitrogens with zero attached hydrogens (tertiary/aromatic N) is 2. The zero-order chi connectivity index (χ0) is 14.2. The third-order valence-corrected chi connectivity index (χ3v) is 4.12. The Morgan fingerprint density at radius 2 is 1.95 bits per heavy atom. The van der Waals surface area contributed by atoms with Crippen LogP contribution in [0.15, 0.2) is 18.2 Å². The van der Waals surface area contributed by atoms with Crippen LogP contribution < -0.4 is 10.6 Å². The van der Waals surface area contributed by atoms with Gasteiger partial charge in [0.1, 0.15) is 5.82 Å². The van der Waals surface area contributed by atoms with Crippen LogP contribution in [0.25, 0.3) is 11.0 Å². The second-order valence-electron chi connectivity index (χ2n) is 5.66. The summed E-state index contributed by atoms with van der Waals surface area (Å²) in [5, 5.41) is 6.77. The Labute approximate surface area is 115 Å². The highest BCUT2D eigenvalue weighted by Gasteiger charge is 2.28. The van der Waals surface area contributed by atoms with Crippen LogP contribution in [0.3, 0.4) is 0 Å². The van der Waals surface area contributed by atoms with Gasteiger partial charge in [0.25, 0.3) is 0 Å². The van der Waals surface area contributed by atoms with Gasteiger partial charge in [-0.2, -0.15) is 0 Å². The first-order chi connectivity index (χ1) is 8.90. The number of hydrogen-bond acceptors (Lipinski definition) is 3. The number of nitrogens with one attached hydrogen (secondary N) is 2. The van der Waals surface area contributed by atoms with Crippen LogP contribution in [0, 0.1) is 6.92 Å². The first kappa shape index (κ1) is 14.0. The lowest BCUT2D eigenvalue weighted by atomic mass is 9.88. The molecule has 4 heteroatoms. The first-order valence-corrected chi connectivity index (χ1v) is 6.70. The van der Waals surface area contributed by atoms with E-state index < -0.39 is 0 Å². The number of rotatable bonds is 4. The molecule has 0 aliphatic rings. The van der Waals surface area contributed by atoms with Gasteiger partial charge in [-0.05, 0) is 52.6 Å². The van der Waals surface area contributed by atoms with Gasteiger partial charge in [0.2, 0.25) is 0 Å². The van der Waals surface area contributed by atoms with Crippen molar-refractivity contribution in [2.75, 3.05) is 14.1 Å². The van der Waals surface area contributed by atoms with Gasteiger partial charge in [-0.15, -0.1) is 0 Å². The number of hydrogen-bond donors (Lipinski definition) is 2. The fourth-order valence-corrected chi connectivity index (χ4v) is 2.61. The molecule has 0 radical (unpaired) electrons. The minimum absolute atomic E-state index is 0.0216. The van der Waals surface area contributed by atoms with Crippen molar-refractivity contribution < 1.29 is 0 Å².